The number of methoxy groups -OCH3 is 1. The van der Waals surface area contributed by atoms with Crippen molar-refractivity contribution in [2.24, 2.45) is 0 Å². The second-order valence-electron chi connectivity index (χ2n) is 8.04. The van der Waals surface area contributed by atoms with Crippen LogP contribution in [0.3, 0.4) is 0 Å². The van der Waals surface area contributed by atoms with Gasteiger partial charge in [0.2, 0.25) is 5.56 Å². The molecule has 7 heteroatoms. The number of H-pyrrole nitrogens is 1. The van der Waals surface area contributed by atoms with Crippen LogP contribution in [0.2, 0.25) is 0 Å². The van der Waals surface area contributed by atoms with Gasteiger partial charge in [0.1, 0.15) is 11.6 Å². The summed E-state index contributed by atoms with van der Waals surface area (Å²) in [6, 6.07) is 20.7. The highest BCUT2D eigenvalue weighted by Gasteiger charge is 2.23. The second kappa shape index (κ2) is 8.78. The zero-order valence-corrected chi connectivity index (χ0v) is 18.3. The molecule has 0 bridgehead atoms. The third-order valence-corrected chi connectivity index (χ3v) is 6.03. The van der Waals surface area contributed by atoms with Crippen LogP contribution in [0.1, 0.15) is 10.4 Å². The number of carbonyl (C=O) groups excluding carboxylic acids is 1. The summed E-state index contributed by atoms with van der Waals surface area (Å²) in [6.45, 7) is 2.66. The largest absolute Gasteiger partial charge is 0.497 e. The molecule has 1 N–H and O–H groups in total. The van der Waals surface area contributed by atoms with Crippen molar-refractivity contribution in [3.05, 3.63) is 88.8 Å². The molecule has 1 saturated heterocycles. The zero-order valence-electron chi connectivity index (χ0n) is 18.3. The Morgan fingerprint density at radius 2 is 1.64 bits per heavy atom. The molecule has 33 heavy (non-hydrogen) atoms. The molecule has 0 saturated carbocycles. The van der Waals surface area contributed by atoms with E-state index < -0.39 is 0 Å². The Morgan fingerprint density at radius 1 is 0.909 bits per heavy atom. The Kier molecular flexibility index (Phi) is 5.52. The maximum atomic E-state index is 13.0. The molecule has 1 fully saturated rings. The Hall–Kier alpha value is -4.13. The van der Waals surface area contributed by atoms with Gasteiger partial charge in [0, 0.05) is 55.1 Å². The average molecular weight is 441 g/mol. The highest BCUT2D eigenvalue weighted by molar-refractivity contribution is 5.97. The molecular formula is C26H24N4O3. The van der Waals surface area contributed by atoms with Gasteiger partial charge in [-0.25, -0.2) is 4.98 Å². The van der Waals surface area contributed by atoms with E-state index in [2.05, 4.69) is 20.9 Å². The predicted molar refractivity (Wildman–Crippen MR) is 129 cm³/mol. The van der Waals surface area contributed by atoms with Crippen molar-refractivity contribution in [2.45, 2.75) is 0 Å². The number of hydrogen-bond donors (Lipinski definition) is 1. The molecule has 0 spiro atoms. The zero-order chi connectivity index (χ0) is 22.8. The van der Waals surface area contributed by atoms with Crippen LogP contribution in [-0.4, -0.2) is 54.1 Å². The average Bonchev–Trinajstić information content (AvgIpc) is 2.88. The van der Waals surface area contributed by atoms with Crippen LogP contribution in [0.25, 0.3) is 22.0 Å². The van der Waals surface area contributed by atoms with Crippen LogP contribution in [0.5, 0.6) is 5.75 Å². The number of aromatic amines is 1. The lowest BCUT2D eigenvalue weighted by Gasteiger charge is -2.35. The van der Waals surface area contributed by atoms with Crippen LogP contribution in [0, 0.1) is 0 Å². The van der Waals surface area contributed by atoms with Crippen molar-refractivity contribution in [1.29, 1.82) is 0 Å². The minimum Gasteiger partial charge on any atom is -0.497 e. The monoisotopic (exact) mass is 440 g/mol. The highest BCUT2D eigenvalue weighted by Crippen LogP contribution is 2.24. The summed E-state index contributed by atoms with van der Waals surface area (Å²) in [4.78, 5) is 36.1. The molecule has 1 aliphatic rings. The van der Waals surface area contributed by atoms with Crippen LogP contribution in [0.15, 0.2) is 77.7 Å². The second-order valence-corrected chi connectivity index (χ2v) is 8.04. The molecule has 0 radical (unpaired) electrons. The van der Waals surface area contributed by atoms with Crippen LogP contribution >= 0.6 is 0 Å². The van der Waals surface area contributed by atoms with Crippen molar-refractivity contribution < 1.29 is 9.53 Å². The number of hydrogen-bond acceptors (Lipinski definition) is 5. The maximum Gasteiger partial charge on any atom is 0.254 e. The molecule has 4 aromatic rings. The van der Waals surface area contributed by atoms with E-state index in [1.54, 1.807) is 19.2 Å². The summed E-state index contributed by atoms with van der Waals surface area (Å²) in [6.07, 6.45) is 1.88. The van der Waals surface area contributed by atoms with Gasteiger partial charge in [-0.15, -0.1) is 0 Å². The molecule has 0 atom stereocenters. The first-order valence-electron chi connectivity index (χ1n) is 10.9. The van der Waals surface area contributed by atoms with E-state index >= 15 is 0 Å². The minimum absolute atomic E-state index is 0.0240. The van der Waals surface area contributed by atoms with Gasteiger partial charge < -0.3 is 19.5 Å². The smallest absolute Gasteiger partial charge is 0.254 e. The first kappa shape index (κ1) is 20.8. The van der Waals surface area contributed by atoms with E-state index in [9.17, 15) is 9.59 Å². The Balaban J connectivity index is 1.24. The first-order valence-corrected chi connectivity index (χ1v) is 10.9. The lowest BCUT2D eigenvalue weighted by Crippen LogP contribution is -2.49. The quantitative estimate of drug-likeness (QED) is 0.525. The van der Waals surface area contributed by atoms with E-state index in [1.165, 1.54) is 6.07 Å². The van der Waals surface area contributed by atoms with Gasteiger partial charge >= 0.3 is 0 Å². The van der Waals surface area contributed by atoms with E-state index in [-0.39, 0.29) is 11.5 Å². The summed E-state index contributed by atoms with van der Waals surface area (Å²) < 4.78 is 5.22. The fourth-order valence-corrected chi connectivity index (χ4v) is 4.13. The molecule has 1 aliphatic heterocycles. The number of carbonyl (C=O) groups is 1. The number of ether oxygens (including phenoxy) is 1. The number of rotatable bonds is 4. The predicted octanol–water partition coefficient (Wildman–Crippen LogP) is 3.56. The van der Waals surface area contributed by atoms with Crippen molar-refractivity contribution in [3.8, 4) is 16.9 Å². The van der Waals surface area contributed by atoms with Crippen molar-refractivity contribution in [1.82, 2.24) is 14.9 Å². The third-order valence-electron chi connectivity index (χ3n) is 6.03. The van der Waals surface area contributed by atoms with E-state index in [0.29, 0.717) is 37.3 Å². The fraction of sp³-hybridized carbons (Fsp3) is 0.192. The summed E-state index contributed by atoms with van der Waals surface area (Å²) in [5.74, 6) is 1.71. The molecule has 2 aromatic carbocycles. The minimum atomic E-state index is -0.175. The summed E-state index contributed by atoms with van der Waals surface area (Å²) in [7, 11) is 1.66. The first-order chi connectivity index (χ1) is 16.1. The van der Waals surface area contributed by atoms with Gasteiger partial charge in [0.05, 0.1) is 7.11 Å². The summed E-state index contributed by atoms with van der Waals surface area (Å²) in [5, 5.41) is 0.903. The van der Waals surface area contributed by atoms with Gasteiger partial charge in [-0.3, -0.25) is 9.59 Å². The van der Waals surface area contributed by atoms with E-state index in [0.717, 1.165) is 28.1 Å². The topological polar surface area (TPSA) is 78.5 Å². The Morgan fingerprint density at radius 3 is 2.33 bits per heavy atom. The number of nitrogens with one attached hydrogen (secondary N) is 1. The molecule has 3 heterocycles. The number of aromatic nitrogens is 2. The third kappa shape index (κ3) is 4.30. The fourth-order valence-electron chi connectivity index (χ4n) is 4.13. The molecule has 5 rings (SSSR count). The van der Waals surface area contributed by atoms with Gasteiger partial charge in [0.15, 0.2) is 0 Å². The molecule has 0 aliphatic carbocycles. The van der Waals surface area contributed by atoms with Crippen LogP contribution < -0.4 is 15.2 Å². The summed E-state index contributed by atoms with van der Waals surface area (Å²) in [5.41, 5.74) is 3.21. The number of nitrogens with zero attached hydrogens (tertiary/aromatic N) is 3. The molecule has 1 amide bonds. The lowest BCUT2D eigenvalue weighted by atomic mass is 10.1. The number of pyridine rings is 2. The van der Waals surface area contributed by atoms with Crippen LogP contribution in [-0.2, 0) is 0 Å². The summed E-state index contributed by atoms with van der Waals surface area (Å²) >= 11 is 0. The Bertz CT molecular complexity index is 1340. The highest BCUT2D eigenvalue weighted by atomic mass is 16.5. The SMILES string of the molecule is COc1ccc(-c2ccc(N3CCN(C(=O)c4ccc5ccc(=O)[nH]c5c4)CC3)nc2)cc1. The lowest BCUT2D eigenvalue weighted by molar-refractivity contribution is 0.0746. The number of amides is 1. The normalized spacial score (nSPS) is 13.8. The standard InChI is InChI=1S/C26H24N4O3/c1-33-22-8-4-18(5-9-22)21-6-10-24(27-17-21)29-12-14-30(15-13-29)26(32)20-3-2-19-7-11-25(31)28-23(19)16-20/h2-11,16-17H,12-15H2,1H3,(H,28,31). The number of piperazine rings is 1. The molecule has 7 nitrogen and oxygen atoms in total. The van der Waals surface area contributed by atoms with Gasteiger partial charge in [0.25, 0.3) is 5.91 Å². The molecule has 0 unspecified atom stereocenters. The number of benzene rings is 2. The number of anilines is 1. The van der Waals surface area contributed by atoms with Gasteiger partial charge in [-0.2, -0.15) is 0 Å². The van der Waals surface area contributed by atoms with E-state index in [4.69, 9.17) is 4.74 Å². The van der Waals surface area contributed by atoms with E-state index in [1.807, 2.05) is 53.6 Å². The van der Waals surface area contributed by atoms with Gasteiger partial charge in [-0.05, 0) is 53.4 Å². The maximum absolute atomic E-state index is 13.0. The Labute approximate surface area is 191 Å². The van der Waals surface area contributed by atoms with Crippen LogP contribution in [0.4, 0.5) is 5.82 Å². The number of fused-ring (bicyclic) bond motifs is 1. The molecule has 166 valence electrons. The van der Waals surface area contributed by atoms with Gasteiger partial charge in [-0.1, -0.05) is 18.2 Å². The van der Waals surface area contributed by atoms with Crippen molar-refractivity contribution >= 4 is 22.6 Å². The van der Waals surface area contributed by atoms with Crippen molar-refractivity contribution in [2.75, 3.05) is 38.2 Å². The van der Waals surface area contributed by atoms with Crippen molar-refractivity contribution in [3.63, 3.8) is 0 Å². The molecular weight excluding hydrogens is 416 g/mol. The molecule has 2 aromatic heterocycles.